The molecular weight excluding hydrogens is 136 g/mol. The summed E-state index contributed by atoms with van der Waals surface area (Å²) < 4.78 is 0. The molecular formula is C10H18O. The molecule has 1 N–H and O–H groups in total. The first kappa shape index (κ1) is 8.79. The van der Waals surface area contributed by atoms with E-state index in [1.165, 1.54) is 0 Å². The quantitative estimate of drug-likeness (QED) is 0.575. The van der Waals surface area contributed by atoms with Crippen molar-refractivity contribution >= 4 is 0 Å². The van der Waals surface area contributed by atoms with Gasteiger partial charge in [0, 0.05) is 0 Å². The van der Waals surface area contributed by atoms with E-state index in [2.05, 4.69) is 26.8 Å². The number of allylic oxidation sites excluding steroid dienone is 1. The first-order valence-electron chi connectivity index (χ1n) is 4.36. The number of aliphatic hydroxyl groups is 1. The molecule has 0 radical (unpaired) electrons. The minimum atomic E-state index is -0.199. The van der Waals surface area contributed by atoms with Crippen molar-refractivity contribution in [1.82, 2.24) is 0 Å². The lowest BCUT2D eigenvalue weighted by molar-refractivity contribution is 0.102. The number of rotatable bonds is 1. The van der Waals surface area contributed by atoms with Crippen LogP contribution in [-0.2, 0) is 0 Å². The first-order chi connectivity index (χ1) is 4.99. The smallest absolute Gasteiger partial charge is 0.0783 e. The monoisotopic (exact) mass is 154 g/mol. The normalized spacial score (nSPS) is 35.5. The third kappa shape index (κ3) is 1.34. The minimum absolute atomic E-state index is 0.193. The van der Waals surface area contributed by atoms with E-state index in [9.17, 15) is 5.11 Å². The SMILES string of the molecule is CCC1C(O)C(C)=CC1(C)C. The molecule has 0 aromatic carbocycles. The van der Waals surface area contributed by atoms with Gasteiger partial charge in [0.1, 0.15) is 0 Å². The zero-order valence-corrected chi connectivity index (χ0v) is 7.89. The number of aliphatic hydroxyl groups excluding tert-OH is 1. The van der Waals surface area contributed by atoms with Crippen LogP contribution in [0.3, 0.4) is 0 Å². The van der Waals surface area contributed by atoms with E-state index in [0.717, 1.165) is 12.0 Å². The van der Waals surface area contributed by atoms with Gasteiger partial charge in [0.2, 0.25) is 0 Å². The Hall–Kier alpha value is -0.300. The topological polar surface area (TPSA) is 20.2 Å². The zero-order valence-electron chi connectivity index (χ0n) is 7.89. The predicted molar refractivity (Wildman–Crippen MR) is 47.3 cm³/mol. The maximum Gasteiger partial charge on any atom is 0.0783 e. The fourth-order valence-corrected chi connectivity index (χ4v) is 2.25. The molecule has 11 heavy (non-hydrogen) atoms. The van der Waals surface area contributed by atoms with Gasteiger partial charge in [-0.15, -0.1) is 0 Å². The van der Waals surface area contributed by atoms with E-state index in [-0.39, 0.29) is 11.5 Å². The Morgan fingerprint density at radius 2 is 2.09 bits per heavy atom. The third-order valence-electron chi connectivity index (χ3n) is 2.84. The van der Waals surface area contributed by atoms with E-state index < -0.39 is 0 Å². The van der Waals surface area contributed by atoms with Gasteiger partial charge in [0.15, 0.2) is 0 Å². The fourth-order valence-electron chi connectivity index (χ4n) is 2.25. The Bertz CT molecular complexity index is 179. The molecule has 64 valence electrons. The van der Waals surface area contributed by atoms with Crippen LogP contribution in [0.25, 0.3) is 0 Å². The van der Waals surface area contributed by atoms with Crippen molar-refractivity contribution in [3.05, 3.63) is 11.6 Å². The lowest BCUT2D eigenvalue weighted by atomic mass is 9.79. The molecule has 1 rings (SSSR count). The molecule has 0 amide bonds. The second-order valence-corrected chi connectivity index (χ2v) is 4.17. The Labute approximate surface area is 69.1 Å². The van der Waals surface area contributed by atoms with E-state index in [1.807, 2.05) is 6.92 Å². The van der Waals surface area contributed by atoms with E-state index in [1.54, 1.807) is 0 Å². The molecule has 0 fully saturated rings. The van der Waals surface area contributed by atoms with Gasteiger partial charge < -0.3 is 5.11 Å². The molecule has 0 bridgehead atoms. The largest absolute Gasteiger partial charge is 0.388 e. The van der Waals surface area contributed by atoms with Crippen LogP contribution in [0, 0.1) is 11.3 Å². The highest BCUT2D eigenvalue weighted by Gasteiger charge is 2.38. The standard InChI is InChI=1S/C10H18O/c1-5-8-9(11)7(2)6-10(8,3)4/h6,8-9,11H,5H2,1-4H3. The molecule has 2 atom stereocenters. The molecule has 0 aliphatic heterocycles. The molecule has 0 aromatic rings. The molecule has 0 saturated carbocycles. The van der Waals surface area contributed by atoms with Gasteiger partial charge in [-0.05, 0) is 30.3 Å². The summed E-state index contributed by atoms with van der Waals surface area (Å²) >= 11 is 0. The van der Waals surface area contributed by atoms with Crippen molar-refractivity contribution in [2.75, 3.05) is 0 Å². The summed E-state index contributed by atoms with van der Waals surface area (Å²) in [6, 6.07) is 0. The second kappa shape index (κ2) is 2.63. The molecule has 1 heteroatoms. The van der Waals surface area contributed by atoms with Crippen molar-refractivity contribution in [2.24, 2.45) is 11.3 Å². The average Bonchev–Trinajstić information content (AvgIpc) is 2.03. The molecule has 0 spiro atoms. The van der Waals surface area contributed by atoms with Gasteiger partial charge in [0.25, 0.3) is 0 Å². The highest BCUT2D eigenvalue weighted by Crippen LogP contribution is 2.42. The summed E-state index contributed by atoms with van der Waals surface area (Å²) in [5.74, 6) is 0.419. The molecule has 1 nitrogen and oxygen atoms in total. The van der Waals surface area contributed by atoms with Crippen LogP contribution in [0.4, 0.5) is 0 Å². The van der Waals surface area contributed by atoms with E-state index in [0.29, 0.717) is 5.92 Å². The van der Waals surface area contributed by atoms with Gasteiger partial charge >= 0.3 is 0 Å². The fraction of sp³-hybridized carbons (Fsp3) is 0.800. The lowest BCUT2D eigenvalue weighted by Crippen LogP contribution is -2.26. The summed E-state index contributed by atoms with van der Waals surface area (Å²) in [6.07, 6.45) is 3.06. The maximum absolute atomic E-state index is 9.72. The summed E-state index contributed by atoms with van der Waals surface area (Å²) in [5.41, 5.74) is 1.33. The summed E-state index contributed by atoms with van der Waals surface area (Å²) in [7, 11) is 0. The Kier molecular flexibility index (Phi) is 2.10. The minimum Gasteiger partial charge on any atom is -0.388 e. The summed E-state index contributed by atoms with van der Waals surface area (Å²) in [5, 5.41) is 9.72. The molecule has 1 aliphatic rings. The third-order valence-corrected chi connectivity index (χ3v) is 2.84. The van der Waals surface area contributed by atoms with Gasteiger partial charge in [-0.3, -0.25) is 0 Å². The van der Waals surface area contributed by atoms with E-state index >= 15 is 0 Å². The van der Waals surface area contributed by atoms with Crippen molar-refractivity contribution in [3.63, 3.8) is 0 Å². The Morgan fingerprint density at radius 3 is 2.27 bits per heavy atom. The highest BCUT2D eigenvalue weighted by molar-refractivity contribution is 5.21. The van der Waals surface area contributed by atoms with Crippen molar-refractivity contribution in [3.8, 4) is 0 Å². The van der Waals surface area contributed by atoms with Gasteiger partial charge in [0.05, 0.1) is 6.10 Å². The van der Waals surface area contributed by atoms with Crippen molar-refractivity contribution in [2.45, 2.75) is 40.2 Å². The average molecular weight is 154 g/mol. The van der Waals surface area contributed by atoms with Crippen LogP contribution in [0.1, 0.15) is 34.1 Å². The van der Waals surface area contributed by atoms with Crippen LogP contribution in [0.5, 0.6) is 0 Å². The predicted octanol–water partition coefficient (Wildman–Crippen LogP) is 2.36. The molecule has 2 unspecified atom stereocenters. The van der Waals surface area contributed by atoms with Crippen molar-refractivity contribution < 1.29 is 5.11 Å². The molecule has 0 aromatic heterocycles. The second-order valence-electron chi connectivity index (χ2n) is 4.17. The lowest BCUT2D eigenvalue weighted by Gasteiger charge is -2.27. The molecule has 0 saturated heterocycles. The number of hydrogen-bond acceptors (Lipinski definition) is 1. The van der Waals surface area contributed by atoms with Gasteiger partial charge in [-0.25, -0.2) is 0 Å². The first-order valence-corrected chi connectivity index (χ1v) is 4.36. The van der Waals surface area contributed by atoms with Crippen LogP contribution in [0.15, 0.2) is 11.6 Å². The zero-order chi connectivity index (χ0) is 8.65. The molecule has 0 heterocycles. The maximum atomic E-state index is 9.72. The van der Waals surface area contributed by atoms with Gasteiger partial charge in [-0.1, -0.05) is 26.8 Å². The summed E-state index contributed by atoms with van der Waals surface area (Å²) in [6.45, 7) is 8.55. The van der Waals surface area contributed by atoms with Gasteiger partial charge in [-0.2, -0.15) is 0 Å². The molecule has 1 aliphatic carbocycles. The Morgan fingerprint density at radius 1 is 1.55 bits per heavy atom. The van der Waals surface area contributed by atoms with Crippen LogP contribution >= 0.6 is 0 Å². The number of hydrogen-bond donors (Lipinski definition) is 1. The van der Waals surface area contributed by atoms with Crippen LogP contribution in [0.2, 0.25) is 0 Å². The van der Waals surface area contributed by atoms with Crippen LogP contribution in [-0.4, -0.2) is 11.2 Å². The highest BCUT2D eigenvalue weighted by atomic mass is 16.3. The Balaban J connectivity index is 2.85. The summed E-state index contributed by atoms with van der Waals surface area (Å²) in [4.78, 5) is 0. The van der Waals surface area contributed by atoms with Crippen LogP contribution < -0.4 is 0 Å². The van der Waals surface area contributed by atoms with Crippen molar-refractivity contribution in [1.29, 1.82) is 0 Å². The van der Waals surface area contributed by atoms with E-state index in [4.69, 9.17) is 0 Å².